The topological polar surface area (TPSA) is 90.9 Å². The van der Waals surface area contributed by atoms with E-state index in [0.29, 0.717) is 5.69 Å². The molecule has 12 heteroatoms. The Morgan fingerprint density at radius 1 is 0.927 bits per heavy atom. The summed E-state index contributed by atoms with van der Waals surface area (Å²) in [6.07, 6.45) is 4.78. The smallest absolute Gasteiger partial charge is 0.261 e. The lowest BCUT2D eigenvalue weighted by Gasteiger charge is -2.37. The largest absolute Gasteiger partial charge is 0.371 e. The lowest BCUT2D eigenvalue weighted by atomic mass is 9.79. The maximum absolute atomic E-state index is 14.3. The van der Waals surface area contributed by atoms with Gasteiger partial charge in [0.05, 0.1) is 28.2 Å². The van der Waals surface area contributed by atoms with Gasteiger partial charge in [0, 0.05) is 24.4 Å². The first-order chi connectivity index (χ1) is 19.4. The van der Waals surface area contributed by atoms with Crippen LogP contribution < -0.4 is 15.5 Å². The Kier molecular flexibility index (Phi) is 6.13. The minimum absolute atomic E-state index is 0.0538. The molecule has 6 rings (SSSR count). The molecule has 0 saturated heterocycles. The van der Waals surface area contributed by atoms with E-state index >= 15 is 0 Å². The molecule has 0 radical (unpaired) electrons. The number of nitrogens with one attached hydrogen (secondary N) is 2. The first kappa shape index (κ1) is 26.9. The van der Waals surface area contributed by atoms with Crippen molar-refractivity contribution >= 4 is 34.7 Å². The first-order valence-corrected chi connectivity index (χ1v) is 13.0. The van der Waals surface area contributed by atoms with E-state index < -0.39 is 63.4 Å². The number of carbonyl (C=O) groups is 3. The summed E-state index contributed by atoms with van der Waals surface area (Å²) in [7, 11) is 0. The third-order valence-electron chi connectivity index (χ3n) is 7.94. The van der Waals surface area contributed by atoms with Crippen LogP contribution in [0.15, 0.2) is 40.2 Å². The van der Waals surface area contributed by atoms with Gasteiger partial charge in [-0.3, -0.25) is 14.4 Å². The third-order valence-corrected chi connectivity index (χ3v) is 7.94. The average molecular weight is 571 g/mol. The van der Waals surface area contributed by atoms with Crippen LogP contribution in [0.4, 0.5) is 33.3 Å². The van der Waals surface area contributed by atoms with Gasteiger partial charge in [-0.25, -0.2) is 26.9 Å². The minimum Gasteiger partial charge on any atom is -0.371 e. The molecule has 0 fully saturated rings. The molecular formula is C29H23F5N4O3. The second kappa shape index (κ2) is 9.35. The molecule has 1 aliphatic carbocycles. The van der Waals surface area contributed by atoms with Gasteiger partial charge in [0.15, 0.2) is 23.3 Å². The summed E-state index contributed by atoms with van der Waals surface area (Å²) in [5.74, 6) is -14.8. The number of aryl methyl sites for hydroxylation is 2. The van der Waals surface area contributed by atoms with Gasteiger partial charge in [0.1, 0.15) is 5.56 Å². The number of hydrogen-bond donors (Lipinski definition) is 2. The van der Waals surface area contributed by atoms with E-state index in [1.165, 1.54) is 19.5 Å². The van der Waals surface area contributed by atoms with Gasteiger partial charge < -0.3 is 15.5 Å². The fourth-order valence-electron chi connectivity index (χ4n) is 5.92. The molecule has 2 aromatic carbocycles. The molecule has 0 saturated carbocycles. The number of halogens is 5. The Hall–Kier alpha value is -4.35. The van der Waals surface area contributed by atoms with Gasteiger partial charge in [-0.1, -0.05) is 0 Å². The fraction of sp³-hybridized carbons (Fsp3) is 0.310. The monoisotopic (exact) mass is 570 g/mol. The van der Waals surface area contributed by atoms with E-state index in [1.807, 2.05) is 17.4 Å². The Balaban J connectivity index is 1.45. The number of aliphatic imine (C=N–C) groups is 1. The van der Waals surface area contributed by atoms with Crippen molar-refractivity contribution in [3.63, 3.8) is 0 Å². The molecule has 41 heavy (non-hydrogen) atoms. The van der Waals surface area contributed by atoms with Crippen molar-refractivity contribution in [1.29, 1.82) is 0 Å². The summed E-state index contributed by atoms with van der Waals surface area (Å²) in [5, 5.41) is 4.65. The predicted molar refractivity (Wildman–Crippen MR) is 138 cm³/mol. The summed E-state index contributed by atoms with van der Waals surface area (Å²) in [4.78, 5) is 46.1. The van der Waals surface area contributed by atoms with Gasteiger partial charge in [0.25, 0.3) is 5.91 Å². The van der Waals surface area contributed by atoms with Gasteiger partial charge in [-0.2, -0.15) is 0 Å². The molecule has 0 spiro atoms. The van der Waals surface area contributed by atoms with Gasteiger partial charge in [-0.05, 0) is 68.9 Å². The number of rotatable bonds is 3. The zero-order chi connectivity index (χ0) is 29.4. The van der Waals surface area contributed by atoms with E-state index in [9.17, 15) is 36.3 Å². The van der Waals surface area contributed by atoms with Gasteiger partial charge in [0.2, 0.25) is 17.5 Å². The second-order valence-electron chi connectivity index (χ2n) is 10.9. The number of anilines is 1. The molecule has 3 aliphatic heterocycles. The van der Waals surface area contributed by atoms with Crippen LogP contribution in [0.1, 0.15) is 48.2 Å². The molecule has 0 atom stereocenters. The summed E-state index contributed by atoms with van der Waals surface area (Å²) < 4.78 is 69.7. The summed E-state index contributed by atoms with van der Waals surface area (Å²) in [6.45, 7) is 4.91. The molecule has 0 unspecified atom stereocenters. The van der Waals surface area contributed by atoms with Crippen LogP contribution in [0.5, 0.6) is 0 Å². The molecule has 2 amide bonds. The van der Waals surface area contributed by atoms with Crippen LogP contribution in [0, 0.1) is 34.5 Å². The van der Waals surface area contributed by atoms with Crippen molar-refractivity contribution in [2.24, 2.45) is 10.4 Å². The highest BCUT2D eigenvalue weighted by Crippen LogP contribution is 2.41. The third kappa shape index (κ3) is 4.07. The van der Waals surface area contributed by atoms with Crippen molar-refractivity contribution in [2.75, 3.05) is 18.0 Å². The second-order valence-corrected chi connectivity index (χ2v) is 10.9. The van der Waals surface area contributed by atoms with Crippen LogP contribution in [0.2, 0.25) is 0 Å². The number of hydrogen-bond acceptors (Lipinski definition) is 5. The van der Waals surface area contributed by atoms with Crippen molar-refractivity contribution < 1.29 is 36.3 Å². The molecule has 2 N–H and O–H groups in total. The first-order valence-electron chi connectivity index (χ1n) is 13.0. The van der Waals surface area contributed by atoms with Crippen molar-refractivity contribution in [1.82, 2.24) is 10.6 Å². The fourth-order valence-corrected chi connectivity index (χ4v) is 5.92. The Labute approximate surface area is 230 Å². The van der Waals surface area contributed by atoms with E-state index in [0.717, 1.165) is 56.0 Å². The Bertz CT molecular complexity index is 1630. The SMILES string of the molecule is CC1(C)C(=O)NC2=C1C(=O)C(NC(=O)c1c(F)c(F)c(F)c(F)c1F)=CC2=Nc1cc2c3c(c1)CCCN3CCC2. The summed E-state index contributed by atoms with van der Waals surface area (Å²) in [5.41, 5.74) is 0.479. The highest BCUT2D eigenvalue weighted by Gasteiger charge is 2.48. The highest BCUT2D eigenvalue weighted by molar-refractivity contribution is 6.30. The molecule has 0 aromatic heterocycles. The Morgan fingerprint density at radius 3 is 2.07 bits per heavy atom. The normalized spacial score (nSPS) is 20.1. The molecule has 0 bridgehead atoms. The van der Waals surface area contributed by atoms with Crippen LogP contribution in [-0.4, -0.2) is 36.4 Å². The maximum Gasteiger partial charge on any atom is 0.261 e. The lowest BCUT2D eigenvalue weighted by Crippen LogP contribution is -2.36. The standard InChI is InChI=1S/C29H23F5N4O3/c1-29(2)18-24(37-28(29)41)15(35-14-9-12-5-3-7-38-8-4-6-13(10-14)25(12)38)11-16(26(18)39)36-27(40)17-19(30)21(32)23(34)22(33)20(17)31/h9-11H,3-8H2,1-2H3,(H,36,40)(H,37,41). The molecule has 212 valence electrons. The van der Waals surface area contributed by atoms with Crippen LogP contribution in [0.3, 0.4) is 0 Å². The predicted octanol–water partition coefficient (Wildman–Crippen LogP) is 4.46. The van der Waals surface area contributed by atoms with Crippen molar-refractivity contribution in [3.05, 3.63) is 81.0 Å². The van der Waals surface area contributed by atoms with Crippen molar-refractivity contribution in [2.45, 2.75) is 39.5 Å². The van der Waals surface area contributed by atoms with E-state index in [2.05, 4.69) is 10.2 Å². The van der Waals surface area contributed by atoms with Crippen molar-refractivity contribution in [3.8, 4) is 0 Å². The number of amides is 2. The maximum atomic E-state index is 14.3. The number of carbonyl (C=O) groups excluding carboxylic acids is 3. The van der Waals surface area contributed by atoms with E-state index in [-0.39, 0.29) is 17.0 Å². The molecule has 7 nitrogen and oxygen atoms in total. The Morgan fingerprint density at radius 2 is 1.49 bits per heavy atom. The van der Waals surface area contributed by atoms with Gasteiger partial charge in [-0.15, -0.1) is 0 Å². The average Bonchev–Trinajstić information content (AvgIpc) is 3.18. The quantitative estimate of drug-likeness (QED) is 0.247. The minimum atomic E-state index is -2.42. The number of Topliss-reactive ketones (excluding diaryl/α,β-unsaturated/α-hetero) is 1. The number of benzene rings is 2. The molecule has 4 aliphatic rings. The number of nitrogens with zero attached hydrogens (tertiary/aromatic N) is 2. The van der Waals surface area contributed by atoms with E-state index in [1.54, 1.807) is 0 Å². The van der Waals surface area contributed by atoms with Crippen LogP contribution in [-0.2, 0) is 22.4 Å². The zero-order valence-corrected chi connectivity index (χ0v) is 22.0. The molecular weight excluding hydrogens is 547 g/mol. The molecule has 2 aromatic rings. The molecule has 3 heterocycles. The van der Waals surface area contributed by atoms with Gasteiger partial charge >= 0.3 is 0 Å². The summed E-state index contributed by atoms with van der Waals surface area (Å²) in [6, 6.07) is 3.84. The number of ketones is 1. The van der Waals surface area contributed by atoms with Crippen LogP contribution >= 0.6 is 0 Å². The van der Waals surface area contributed by atoms with E-state index in [4.69, 9.17) is 4.99 Å². The lowest BCUT2D eigenvalue weighted by molar-refractivity contribution is -0.127. The zero-order valence-electron chi connectivity index (χ0n) is 22.0. The summed E-state index contributed by atoms with van der Waals surface area (Å²) >= 11 is 0. The number of allylic oxidation sites excluding steroid dienone is 2. The van der Waals surface area contributed by atoms with Crippen LogP contribution in [0.25, 0.3) is 0 Å². The highest BCUT2D eigenvalue weighted by atomic mass is 19.2.